The number of nitrogens with one attached hydrogen (secondary N) is 1. The van der Waals surface area contributed by atoms with Gasteiger partial charge in [0, 0.05) is 11.6 Å². The van der Waals surface area contributed by atoms with Crippen molar-refractivity contribution in [2.24, 2.45) is 0 Å². The lowest BCUT2D eigenvalue weighted by Gasteiger charge is -2.17. The van der Waals surface area contributed by atoms with E-state index in [9.17, 15) is 4.79 Å². The third-order valence-corrected chi connectivity index (χ3v) is 4.25. The van der Waals surface area contributed by atoms with Crippen molar-refractivity contribution in [2.45, 2.75) is 51.5 Å². The van der Waals surface area contributed by atoms with Crippen LogP contribution in [0.1, 0.15) is 55.8 Å². The quantitative estimate of drug-likeness (QED) is 0.825. The average molecular weight is 326 g/mol. The summed E-state index contributed by atoms with van der Waals surface area (Å²) in [5.41, 5.74) is 0.509. The third kappa shape index (κ3) is 4.29. The minimum absolute atomic E-state index is 0.102. The number of benzene rings is 1. The molecule has 0 aliphatic heterocycles. The van der Waals surface area contributed by atoms with Gasteiger partial charge in [-0.05, 0) is 31.9 Å². The number of amides is 1. The maximum Gasteiger partial charge on any atom is 0.251 e. The molecule has 1 aliphatic rings. The van der Waals surface area contributed by atoms with E-state index < -0.39 is 0 Å². The molecule has 0 spiro atoms. The molecule has 1 aliphatic carbocycles. The zero-order chi connectivity index (χ0) is 15.9. The summed E-state index contributed by atoms with van der Waals surface area (Å²) in [4.78, 5) is 12.4. The van der Waals surface area contributed by atoms with Gasteiger partial charge in [-0.25, -0.2) is 0 Å². The van der Waals surface area contributed by atoms with Gasteiger partial charge in [0.15, 0.2) is 11.5 Å². The molecule has 1 amide bonds. The van der Waals surface area contributed by atoms with Gasteiger partial charge >= 0.3 is 0 Å². The first-order valence-corrected chi connectivity index (χ1v) is 8.34. The molecular formula is C17H24ClNO3. The summed E-state index contributed by atoms with van der Waals surface area (Å²) >= 11 is 6.22. The summed E-state index contributed by atoms with van der Waals surface area (Å²) in [5, 5.41) is 3.51. The molecular weight excluding hydrogens is 302 g/mol. The van der Waals surface area contributed by atoms with Gasteiger partial charge < -0.3 is 14.8 Å². The highest BCUT2D eigenvalue weighted by Gasteiger charge is 2.19. The van der Waals surface area contributed by atoms with Crippen molar-refractivity contribution in [1.82, 2.24) is 5.32 Å². The molecule has 1 aromatic carbocycles. The molecule has 0 heterocycles. The normalized spacial score (nSPS) is 16.0. The molecule has 1 saturated carbocycles. The first kappa shape index (κ1) is 16.9. The second-order valence-electron chi connectivity index (χ2n) is 5.58. The van der Waals surface area contributed by atoms with Gasteiger partial charge in [-0.3, -0.25) is 4.79 Å². The number of carbonyl (C=O) groups excluding carboxylic acids is 1. The predicted octanol–water partition coefficient (Wildman–Crippen LogP) is 4.20. The Bertz CT molecular complexity index is 511. The second kappa shape index (κ2) is 8.28. The Hall–Kier alpha value is -1.42. The maximum atomic E-state index is 12.4. The number of hydrogen-bond donors (Lipinski definition) is 1. The van der Waals surface area contributed by atoms with Crippen LogP contribution < -0.4 is 14.8 Å². The number of hydrogen-bond acceptors (Lipinski definition) is 3. The van der Waals surface area contributed by atoms with Gasteiger partial charge in [-0.15, -0.1) is 0 Å². The van der Waals surface area contributed by atoms with Crippen LogP contribution in [0.5, 0.6) is 11.5 Å². The summed E-state index contributed by atoms with van der Waals surface area (Å²) in [6.07, 6.45) is 6.97. The van der Waals surface area contributed by atoms with Crippen LogP contribution in [-0.2, 0) is 0 Å². The number of carbonyl (C=O) groups is 1. The van der Waals surface area contributed by atoms with E-state index in [-0.39, 0.29) is 11.9 Å². The van der Waals surface area contributed by atoms with E-state index in [1.807, 2.05) is 6.92 Å². The summed E-state index contributed by atoms with van der Waals surface area (Å²) in [6, 6.07) is 3.58. The monoisotopic (exact) mass is 325 g/mol. The lowest BCUT2D eigenvalue weighted by Crippen LogP contribution is -2.34. The molecule has 1 N–H and O–H groups in total. The van der Waals surface area contributed by atoms with Crippen LogP contribution in [0.4, 0.5) is 0 Å². The largest absolute Gasteiger partial charge is 0.493 e. The molecule has 0 saturated heterocycles. The minimum atomic E-state index is -0.102. The van der Waals surface area contributed by atoms with Crippen LogP contribution in [0, 0.1) is 0 Å². The van der Waals surface area contributed by atoms with Crippen molar-refractivity contribution in [3.63, 3.8) is 0 Å². The van der Waals surface area contributed by atoms with Crippen LogP contribution in [0.15, 0.2) is 12.1 Å². The number of methoxy groups -OCH3 is 1. The van der Waals surface area contributed by atoms with Crippen molar-refractivity contribution in [3.05, 3.63) is 22.7 Å². The predicted molar refractivity (Wildman–Crippen MR) is 88.1 cm³/mol. The standard InChI is InChI=1S/C17H24ClNO3/c1-3-22-16-14(18)10-12(11-15(16)21-2)17(20)19-13-8-6-4-5-7-9-13/h10-11,13H,3-9H2,1-2H3,(H,19,20). The van der Waals surface area contributed by atoms with Crippen molar-refractivity contribution in [3.8, 4) is 11.5 Å². The molecule has 0 radical (unpaired) electrons. The zero-order valence-electron chi connectivity index (χ0n) is 13.3. The topological polar surface area (TPSA) is 47.6 Å². The summed E-state index contributed by atoms with van der Waals surface area (Å²) < 4.78 is 10.8. The molecule has 0 bridgehead atoms. The van der Waals surface area contributed by atoms with Gasteiger partial charge in [-0.1, -0.05) is 37.3 Å². The maximum absolute atomic E-state index is 12.4. The van der Waals surface area contributed by atoms with Crippen molar-refractivity contribution in [2.75, 3.05) is 13.7 Å². The number of rotatable bonds is 5. The summed E-state index contributed by atoms with van der Waals surface area (Å²) in [6.45, 7) is 2.37. The van der Waals surface area contributed by atoms with Crippen LogP contribution in [0.25, 0.3) is 0 Å². The van der Waals surface area contributed by atoms with E-state index in [1.165, 1.54) is 25.7 Å². The SMILES string of the molecule is CCOc1c(Cl)cc(C(=O)NC2CCCCCC2)cc1OC. The fraction of sp³-hybridized carbons (Fsp3) is 0.588. The summed E-state index contributed by atoms with van der Waals surface area (Å²) in [7, 11) is 1.54. The molecule has 0 unspecified atom stereocenters. The van der Waals surface area contributed by atoms with Crippen molar-refractivity contribution in [1.29, 1.82) is 0 Å². The fourth-order valence-corrected chi connectivity index (χ4v) is 3.09. The Balaban J connectivity index is 2.13. The molecule has 1 aromatic rings. The van der Waals surface area contributed by atoms with Crippen molar-refractivity contribution >= 4 is 17.5 Å². The minimum Gasteiger partial charge on any atom is -0.493 e. The van der Waals surface area contributed by atoms with E-state index in [1.54, 1.807) is 19.2 Å². The zero-order valence-corrected chi connectivity index (χ0v) is 14.0. The van der Waals surface area contributed by atoms with Crippen LogP contribution in [0.3, 0.4) is 0 Å². The van der Waals surface area contributed by atoms with Gasteiger partial charge in [0.1, 0.15) is 0 Å². The van der Waals surface area contributed by atoms with E-state index in [0.717, 1.165) is 12.8 Å². The number of halogens is 1. The number of ether oxygens (including phenoxy) is 2. The van der Waals surface area contributed by atoms with Gasteiger partial charge in [-0.2, -0.15) is 0 Å². The first-order valence-electron chi connectivity index (χ1n) is 7.97. The molecule has 122 valence electrons. The average Bonchev–Trinajstić information content (AvgIpc) is 2.77. The third-order valence-electron chi connectivity index (χ3n) is 3.97. The van der Waals surface area contributed by atoms with Crippen LogP contribution in [0.2, 0.25) is 5.02 Å². The smallest absolute Gasteiger partial charge is 0.251 e. The highest BCUT2D eigenvalue weighted by molar-refractivity contribution is 6.32. The van der Waals surface area contributed by atoms with Gasteiger partial charge in [0.05, 0.1) is 18.7 Å². The highest BCUT2D eigenvalue weighted by Crippen LogP contribution is 2.36. The lowest BCUT2D eigenvalue weighted by atomic mass is 10.1. The van der Waals surface area contributed by atoms with Crippen LogP contribution >= 0.6 is 11.6 Å². The van der Waals surface area contributed by atoms with Gasteiger partial charge in [0.2, 0.25) is 0 Å². The van der Waals surface area contributed by atoms with E-state index in [2.05, 4.69) is 5.32 Å². The Morgan fingerprint density at radius 1 is 1.27 bits per heavy atom. The molecule has 22 heavy (non-hydrogen) atoms. The Morgan fingerprint density at radius 2 is 1.95 bits per heavy atom. The lowest BCUT2D eigenvalue weighted by molar-refractivity contribution is 0.0933. The Labute approximate surface area is 137 Å². The molecule has 2 rings (SSSR count). The summed E-state index contributed by atoms with van der Waals surface area (Å²) in [5.74, 6) is 0.869. The first-order chi connectivity index (χ1) is 10.7. The van der Waals surface area contributed by atoms with E-state index in [4.69, 9.17) is 21.1 Å². The molecule has 4 nitrogen and oxygen atoms in total. The Morgan fingerprint density at radius 3 is 2.55 bits per heavy atom. The Kier molecular flexibility index (Phi) is 6.37. The molecule has 5 heteroatoms. The molecule has 0 atom stereocenters. The second-order valence-corrected chi connectivity index (χ2v) is 5.99. The van der Waals surface area contributed by atoms with E-state index >= 15 is 0 Å². The molecule has 0 aromatic heterocycles. The van der Waals surface area contributed by atoms with Crippen LogP contribution in [-0.4, -0.2) is 25.7 Å². The van der Waals surface area contributed by atoms with E-state index in [0.29, 0.717) is 28.7 Å². The molecule has 1 fully saturated rings. The van der Waals surface area contributed by atoms with Gasteiger partial charge in [0.25, 0.3) is 5.91 Å². The fourth-order valence-electron chi connectivity index (χ4n) is 2.83. The highest BCUT2D eigenvalue weighted by atomic mass is 35.5. The van der Waals surface area contributed by atoms with Crippen molar-refractivity contribution < 1.29 is 14.3 Å².